The van der Waals surface area contributed by atoms with Crippen molar-refractivity contribution >= 4 is 5.97 Å². The van der Waals surface area contributed by atoms with Crippen LogP contribution in [0.25, 0.3) is 0 Å². The summed E-state index contributed by atoms with van der Waals surface area (Å²) >= 11 is 0. The second kappa shape index (κ2) is 5.29. The lowest BCUT2D eigenvalue weighted by Gasteiger charge is -2.25. The van der Waals surface area contributed by atoms with Crippen molar-refractivity contribution < 1.29 is 9.53 Å². The van der Waals surface area contributed by atoms with Gasteiger partial charge in [0, 0.05) is 20.0 Å². The minimum Gasteiger partial charge on any atom is -0.445 e. The van der Waals surface area contributed by atoms with Crippen LogP contribution in [0, 0.1) is 0 Å². The maximum atomic E-state index is 11.0. The average Bonchev–Trinajstić information content (AvgIpc) is 2.62. The van der Waals surface area contributed by atoms with Gasteiger partial charge >= 0.3 is 5.97 Å². The number of hydrogen-bond donors (Lipinski definition) is 1. The van der Waals surface area contributed by atoms with Gasteiger partial charge in [-0.15, -0.1) is 0 Å². The lowest BCUT2D eigenvalue weighted by atomic mass is 10.2. The van der Waals surface area contributed by atoms with E-state index in [2.05, 4.69) is 17.0 Å². The first kappa shape index (κ1) is 12.1. The summed E-state index contributed by atoms with van der Waals surface area (Å²) in [7, 11) is 0. The predicted octanol–water partition coefficient (Wildman–Crippen LogP) is 1.11. The highest BCUT2D eigenvalue weighted by Crippen LogP contribution is 2.20. The van der Waals surface area contributed by atoms with Gasteiger partial charge in [0.05, 0.1) is 6.04 Å². The molecule has 0 aromatic heterocycles. The first-order valence-electron chi connectivity index (χ1n) is 5.87. The molecule has 1 aromatic rings. The first-order chi connectivity index (χ1) is 8.16. The molecular formula is C13H18N2O2. The molecule has 92 valence electrons. The van der Waals surface area contributed by atoms with E-state index >= 15 is 0 Å². The van der Waals surface area contributed by atoms with E-state index in [0.29, 0.717) is 0 Å². The molecule has 0 radical (unpaired) electrons. The third-order valence-corrected chi connectivity index (χ3v) is 2.99. The normalized spacial score (nSPS) is 24.8. The van der Waals surface area contributed by atoms with Gasteiger partial charge in [-0.1, -0.05) is 30.3 Å². The summed E-state index contributed by atoms with van der Waals surface area (Å²) in [6, 6.07) is 10.0. The average molecular weight is 234 g/mol. The molecule has 0 bridgehead atoms. The molecule has 0 aliphatic carbocycles. The number of carbonyl (C=O) groups excluding carboxylic acids is 1. The van der Waals surface area contributed by atoms with Crippen LogP contribution in [-0.4, -0.2) is 29.7 Å². The first-order valence-corrected chi connectivity index (χ1v) is 5.87. The van der Waals surface area contributed by atoms with Crippen LogP contribution in [0.15, 0.2) is 30.3 Å². The quantitative estimate of drug-likeness (QED) is 0.796. The van der Waals surface area contributed by atoms with Gasteiger partial charge in [-0.05, 0) is 12.0 Å². The zero-order valence-electron chi connectivity index (χ0n) is 10.0. The third kappa shape index (κ3) is 3.05. The largest absolute Gasteiger partial charge is 0.445 e. The van der Waals surface area contributed by atoms with Gasteiger partial charge in [0.2, 0.25) is 0 Å². The number of benzene rings is 1. The Morgan fingerprint density at radius 3 is 2.82 bits per heavy atom. The fraction of sp³-hybridized carbons (Fsp3) is 0.462. The van der Waals surface area contributed by atoms with Gasteiger partial charge < -0.3 is 10.5 Å². The second-order valence-corrected chi connectivity index (χ2v) is 4.41. The van der Waals surface area contributed by atoms with Crippen LogP contribution in [0.5, 0.6) is 0 Å². The van der Waals surface area contributed by atoms with E-state index in [1.807, 2.05) is 18.2 Å². The molecule has 2 atom stereocenters. The Bertz CT molecular complexity index is 380. The number of ether oxygens (including phenoxy) is 1. The van der Waals surface area contributed by atoms with Crippen molar-refractivity contribution in [3.8, 4) is 0 Å². The molecule has 1 heterocycles. The van der Waals surface area contributed by atoms with Gasteiger partial charge in [-0.25, -0.2) is 0 Å². The standard InChI is InChI=1S/C13H18N2O2/c1-10(16)17-13-12(14)7-8-15(13)9-11-5-3-2-4-6-11/h2-6,12-13H,7-9,14H2,1H3/t12-,13?/m1/s1. The molecule has 0 spiro atoms. The van der Waals surface area contributed by atoms with Crippen molar-refractivity contribution in [3.63, 3.8) is 0 Å². The van der Waals surface area contributed by atoms with Crippen LogP contribution in [0.3, 0.4) is 0 Å². The van der Waals surface area contributed by atoms with Crippen LogP contribution >= 0.6 is 0 Å². The SMILES string of the molecule is CC(=O)OC1[C@H](N)CCN1Cc1ccccc1. The number of rotatable bonds is 3. The topological polar surface area (TPSA) is 55.6 Å². The Kier molecular flexibility index (Phi) is 3.76. The Hall–Kier alpha value is -1.39. The van der Waals surface area contributed by atoms with E-state index in [-0.39, 0.29) is 18.2 Å². The van der Waals surface area contributed by atoms with Crippen molar-refractivity contribution in [2.24, 2.45) is 5.73 Å². The van der Waals surface area contributed by atoms with E-state index in [1.54, 1.807) is 0 Å². The highest BCUT2D eigenvalue weighted by molar-refractivity contribution is 5.66. The number of carbonyl (C=O) groups is 1. The number of likely N-dealkylation sites (tertiary alicyclic amines) is 1. The van der Waals surface area contributed by atoms with E-state index in [1.165, 1.54) is 12.5 Å². The zero-order valence-corrected chi connectivity index (χ0v) is 10.0. The van der Waals surface area contributed by atoms with Crippen LogP contribution in [0.2, 0.25) is 0 Å². The maximum absolute atomic E-state index is 11.0. The molecule has 4 heteroatoms. The van der Waals surface area contributed by atoms with Crippen LogP contribution in [0.1, 0.15) is 18.9 Å². The van der Waals surface area contributed by atoms with E-state index in [0.717, 1.165) is 19.5 Å². The minimum atomic E-state index is -0.285. The van der Waals surface area contributed by atoms with Crippen molar-refractivity contribution in [3.05, 3.63) is 35.9 Å². The molecule has 4 nitrogen and oxygen atoms in total. The van der Waals surface area contributed by atoms with Gasteiger partial charge in [-0.2, -0.15) is 0 Å². The summed E-state index contributed by atoms with van der Waals surface area (Å²) in [4.78, 5) is 13.2. The van der Waals surface area contributed by atoms with Crippen molar-refractivity contribution in [1.82, 2.24) is 4.90 Å². The maximum Gasteiger partial charge on any atom is 0.304 e. The number of hydrogen-bond acceptors (Lipinski definition) is 4. The lowest BCUT2D eigenvalue weighted by Crippen LogP contribution is -2.42. The molecule has 0 saturated carbocycles. The van der Waals surface area contributed by atoms with Crippen LogP contribution in [-0.2, 0) is 16.1 Å². The number of esters is 1. The van der Waals surface area contributed by atoms with Crippen molar-refractivity contribution in [2.45, 2.75) is 32.2 Å². The minimum absolute atomic E-state index is 0.0809. The summed E-state index contributed by atoms with van der Waals surface area (Å²) in [5.41, 5.74) is 7.16. The fourth-order valence-corrected chi connectivity index (χ4v) is 2.17. The molecule has 0 amide bonds. The number of nitrogens with zero attached hydrogens (tertiary/aromatic N) is 1. The van der Waals surface area contributed by atoms with E-state index in [9.17, 15) is 4.79 Å². The molecular weight excluding hydrogens is 216 g/mol. The number of nitrogens with two attached hydrogens (primary N) is 1. The molecule has 2 rings (SSSR count). The monoisotopic (exact) mass is 234 g/mol. The summed E-state index contributed by atoms with van der Waals surface area (Å²) in [6.45, 7) is 3.06. The Balaban J connectivity index is 2.02. The Labute approximate surface area is 101 Å². The second-order valence-electron chi connectivity index (χ2n) is 4.41. The molecule has 1 aliphatic heterocycles. The molecule has 1 aromatic carbocycles. The lowest BCUT2D eigenvalue weighted by molar-refractivity contribution is -0.155. The molecule has 1 saturated heterocycles. The predicted molar refractivity (Wildman–Crippen MR) is 65.0 cm³/mol. The van der Waals surface area contributed by atoms with E-state index < -0.39 is 0 Å². The van der Waals surface area contributed by atoms with Gasteiger partial charge in [0.1, 0.15) is 0 Å². The smallest absolute Gasteiger partial charge is 0.304 e. The summed E-state index contributed by atoms with van der Waals surface area (Å²) in [5, 5.41) is 0. The van der Waals surface area contributed by atoms with Crippen molar-refractivity contribution in [2.75, 3.05) is 6.54 Å². The molecule has 2 N–H and O–H groups in total. The highest BCUT2D eigenvalue weighted by Gasteiger charge is 2.33. The molecule has 1 fully saturated rings. The molecule has 17 heavy (non-hydrogen) atoms. The fourth-order valence-electron chi connectivity index (χ4n) is 2.17. The van der Waals surface area contributed by atoms with Crippen molar-refractivity contribution in [1.29, 1.82) is 0 Å². The van der Waals surface area contributed by atoms with Crippen LogP contribution in [0.4, 0.5) is 0 Å². The molecule has 1 aliphatic rings. The third-order valence-electron chi connectivity index (χ3n) is 2.99. The van der Waals surface area contributed by atoms with Gasteiger partial charge in [0.15, 0.2) is 6.23 Å². The zero-order chi connectivity index (χ0) is 12.3. The summed E-state index contributed by atoms with van der Waals surface area (Å²) in [6.07, 6.45) is 0.581. The van der Waals surface area contributed by atoms with Gasteiger partial charge in [0.25, 0.3) is 0 Å². The van der Waals surface area contributed by atoms with E-state index in [4.69, 9.17) is 10.5 Å². The molecule has 1 unspecified atom stereocenters. The summed E-state index contributed by atoms with van der Waals surface area (Å²) < 4.78 is 5.27. The van der Waals surface area contributed by atoms with Gasteiger partial charge in [-0.3, -0.25) is 9.69 Å². The van der Waals surface area contributed by atoms with Crippen LogP contribution < -0.4 is 5.73 Å². The Morgan fingerprint density at radius 1 is 1.47 bits per heavy atom. The highest BCUT2D eigenvalue weighted by atomic mass is 16.6. The Morgan fingerprint density at radius 2 is 2.18 bits per heavy atom. The summed E-state index contributed by atoms with van der Waals surface area (Å²) in [5.74, 6) is -0.273.